The average molecular weight is 398 g/mol. The summed E-state index contributed by atoms with van der Waals surface area (Å²) >= 11 is 0. The Morgan fingerprint density at radius 3 is 2.45 bits per heavy atom. The molecule has 0 saturated carbocycles. The summed E-state index contributed by atoms with van der Waals surface area (Å²) in [4.78, 5) is 2.32. The summed E-state index contributed by atoms with van der Waals surface area (Å²) in [7, 11) is 0. The van der Waals surface area contributed by atoms with Crippen molar-refractivity contribution in [1.82, 2.24) is 4.90 Å². The molecule has 2 aromatic rings. The summed E-state index contributed by atoms with van der Waals surface area (Å²) in [5.74, 6) is 0. The monoisotopic (exact) mass is 397 g/mol. The van der Waals surface area contributed by atoms with E-state index >= 15 is 0 Å². The van der Waals surface area contributed by atoms with Crippen molar-refractivity contribution in [3.05, 3.63) is 60.2 Å². The largest absolute Gasteiger partial charge is 0.395 e. The van der Waals surface area contributed by atoms with Crippen LogP contribution in [-0.4, -0.2) is 53.6 Å². The number of ether oxygens (including phenoxy) is 1. The smallest absolute Gasteiger partial charge is 0.0796 e. The number of hydrogen-bond donors (Lipinski definition) is 2. The Labute approximate surface area is 175 Å². The molecule has 1 saturated heterocycles. The highest BCUT2D eigenvalue weighted by Gasteiger charge is 2.26. The second kappa shape index (κ2) is 11.5. The number of likely N-dealkylation sites (tertiary alicyclic amines) is 1. The van der Waals surface area contributed by atoms with Crippen LogP contribution < -0.4 is 0 Å². The van der Waals surface area contributed by atoms with Gasteiger partial charge in [0.2, 0.25) is 0 Å². The van der Waals surface area contributed by atoms with E-state index in [9.17, 15) is 10.2 Å². The fourth-order valence-electron chi connectivity index (χ4n) is 4.09. The Hall–Kier alpha value is -1.72. The average Bonchev–Trinajstić information content (AvgIpc) is 2.77. The lowest BCUT2D eigenvalue weighted by atomic mass is 9.99. The number of unbranched alkanes of at least 4 members (excludes halogenated alkanes) is 2. The van der Waals surface area contributed by atoms with Gasteiger partial charge in [0, 0.05) is 19.2 Å². The van der Waals surface area contributed by atoms with E-state index in [2.05, 4.69) is 60.4 Å². The van der Waals surface area contributed by atoms with Gasteiger partial charge in [-0.2, -0.15) is 0 Å². The Balaban J connectivity index is 1.33. The van der Waals surface area contributed by atoms with E-state index in [1.807, 2.05) is 6.07 Å². The molecule has 158 valence electrons. The molecule has 2 aromatic carbocycles. The van der Waals surface area contributed by atoms with Gasteiger partial charge in [-0.3, -0.25) is 4.90 Å². The normalized spacial score (nSPS) is 21.2. The maximum Gasteiger partial charge on any atom is 0.0796 e. The SMILES string of the molecule is CC(OCCCCCN1CCC(O)CC1CO)c1ccc(-c2ccccc2)cc1. The van der Waals surface area contributed by atoms with Crippen molar-refractivity contribution in [1.29, 1.82) is 0 Å². The first-order valence-electron chi connectivity index (χ1n) is 11.0. The zero-order valence-electron chi connectivity index (χ0n) is 17.5. The fraction of sp³-hybridized carbons (Fsp3) is 0.520. The molecular formula is C25H35NO3. The quantitative estimate of drug-likeness (QED) is 0.583. The lowest BCUT2D eigenvalue weighted by molar-refractivity contribution is 0.0156. The van der Waals surface area contributed by atoms with Gasteiger partial charge in [0.1, 0.15) is 0 Å². The maximum atomic E-state index is 9.73. The molecule has 0 radical (unpaired) electrons. The van der Waals surface area contributed by atoms with Gasteiger partial charge in [0.15, 0.2) is 0 Å². The first kappa shape index (κ1) is 22.0. The van der Waals surface area contributed by atoms with E-state index in [4.69, 9.17) is 4.74 Å². The van der Waals surface area contributed by atoms with Crippen molar-refractivity contribution >= 4 is 0 Å². The number of aliphatic hydroxyl groups excluding tert-OH is 2. The van der Waals surface area contributed by atoms with Crippen LogP contribution in [0.1, 0.15) is 50.7 Å². The molecule has 1 aliphatic heterocycles. The first-order valence-corrected chi connectivity index (χ1v) is 11.0. The third-order valence-corrected chi connectivity index (χ3v) is 5.97. The van der Waals surface area contributed by atoms with Gasteiger partial charge < -0.3 is 14.9 Å². The fourth-order valence-corrected chi connectivity index (χ4v) is 4.09. The molecule has 29 heavy (non-hydrogen) atoms. The van der Waals surface area contributed by atoms with Gasteiger partial charge in [0.25, 0.3) is 0 Å². The summed E-state index contributed by atoms with van der Waals surface area (Å²) in [5, 5.41) is 19.2. The first-order chi connectivity index (χ1) is 14.2. The molecule has 3 unspecified atom stereocenters. The molecule has 1 fully saturated rings. The summed E-state index contributed by atoms with van der Waals surface area (Å²) in [6.07, 6.45) is 4.64. The summed E-state index contributed by atoms with van der Waals surface area (Å²) in [6.45, 7) is 4.90. The highest BCUT2D eigenvalue weighted by molar-refractivity contribution is 5.63. The van der Waals surface area contributed by atoms with Crippen molar-refractivity contribution < 1.29 is 14.9 Å². The van der Waals surface area contributed by atoms with Gasteiger partial charge >= 0.3 is 0 Å². The van der Waals surface area contributed by atoms with E-state index in [0.717, 1.165) is 45.4 Å². The number of piperidine rings is 1. The molecule has 1 heterocycles. The predicted molar refractivity (Wildman–Crippen MR) is 118 cm³/mol. The van der Waals surface area contributed by atoms with Crippen molar-refractivity contribution in [3.63, 3.8) is 0 Å². The predicted octanol–water partition coefficient (Wildman–Crippen LogP) is 4.42. The number of hydrogen-bond acceptors (Lipinski definition) is 4. The van der Waals surface area contributed by atoms with Crippen LogP contribution >= 0.6 is 0 Å². The second-order valence-electron chi connectivity index (χ2n) is 8.11. The number of rotatable bonds is 10. The third-order valence-electron chi connectivity index (χ3n) is 5.97. The minimum Gasteiger partial charge on any atom is -0.395 e. The molecule has 4 nitrogen and oxygen atoms in total. The molecule has 2 N–H and O–H groups in total. The van der Waals surface area contributed by atoms with Crippen LogP contribution in [0, 0.1) is 0 Å². The van der Waals surface area contributed by atoms with Crippen LogP contribution in [0.2, 0.25) is 0 Å². The minimum absolute atomic E-state index is 0.0992. The van der Waals surface area contributed by atoms with Crippen LogP contribution in [0.4, 0.5) is 0 Å². The van der Waals surface area contributed by atoms with E-state index in [1.165, 1.54) is 16.7 Å². The molecule has 0 bridgehead atoms. The van der Waals surface area contributed by atoms with Crippen LogP contribution in [0.15, 0.2) is 54.6 Å². The van der Waals surface area contributed by atoms with Crippen molar-refractivity contribution in [3.8, 4) is 11.1 Å². The summed E-state index contributed by atoms with van der Waals surface area (Å²) < 4.78 is 6.04. The lowest BCUT2D eigenvalue weighted by Gasteiger charge is -2.36. The zero-order chi connectivity index (χ0) is 20.5. The highest BCUT2D eigenvalue weighted by Crippen LogP contribution is 2.23. The van der Waals surface area contributed by atoms with Crippen LogP contribution in [0.5, 0.6) is 0 Å². The third kappa shape index (κ3) is 6.65. The van der Waals surface area contributed by atoms with Crippen molar-refractivity contribution in [2.45, 2.75) is 57.3 Å². The van der Waals surface area contributed by atoms with Crippen LogP contribution in [0.3, 0.4) is 0 Å². The number of nitrogens with zero attached hydrogens (tertiary/aromatic N) is 1. The van der Waals surface area contributed by atoms with Gasteiger partial charge in [-0.05, 0) is 62.3 Å². The lowest BCUT2D eigenvalue weighted by Crippen LogP contribution is -2.46. The molecule has 0 aliphatic carbocycles. The van der Waals surface area contributed by atoms with E-state index in [1.54, 1.807) is 0 Å². The number of aliphatic hydroxyl groups is 2. The molecule has 0 spiro atoms. The summed E-state index contributed by atoms with van der Waals surface area (Å²) in [5.41, 5.74) is 3.68. The molecule has 1 aliphatic rings. The van der Waals surface area contributed by atoms with E-state index in [0.29, 0.717) is 6.42 Å². The topological polar surface area (TPSA) is 52.9 Å². The summed E-state index contributed by atoms with van der Waals surface area (Å²) in [6, 6.07) is 19.2. The molecular weight excluding hydrogens is 362 g/mol. The molecule has 3 atom stereocenters. The minimum atomic E-state index is -0.250. The van der Waals surface area contributed by atoms with Gasteiger partial charge in [-0.25, -0.2) is 0 Å². The Morgan fingerprint density at radius 1 is 1.00 bits per heavy atom. The Kier molecular flexibility index (Phi) is 8.69. The van der Waals surface area contributed by atoms with Gasteiger partial charge in [-0.1, -0.05) is 54.6 Å². The maximum absolute atomic E-state index is 9.73. The molecule has 3 rings (SSSR count). The van der Waals surface area contributed by atoms with Crippen LogP contribution in [0.25, 0.3) is 11.1 Å². The van der Waals surface area contributed by atoms with Crippen molar-refractivity contribution in [2.24, 2.45) is 0 Å². The number of benzene rings is 2. The zero-order valence-corrected chi connectivity index (χ0v) is 17.5. The van der Waals surface area contributed by atoms with E-state index < -0.39 is 0 Å². The second-order valence-corrected chi connectivity index (χ2v) is 8.11. The molecule has 0 aromatic heterocycles. The highest BCUT2D eigenvalue weighted by atomic mass is 16.5. The van der Waals surface area contributed by atoms with Gasteiger partial charge in [-0.15, -0.1) is 0 Å². The standard InChI is InChI=1S/C25H35NO3/c1-20(21-10-12-23(13-11-21)22-8-4-2-5-9-22)29-17-7-3-6-15-26-16-14-25(28)18-24(26)19-27/h2,4-5,8-13,20,24-25,27-28H,3,6-7,14-19H2,1H3. The van der Waals surface area contributed by atoms with Gasteiger partial charge in [0.05, 0.1) is 18.8 Å². The van der Waals surface area contributed by atoms with Crippen LogP contribution in [-0.2, 0) is 4.74 Å². The van der Waals surface area contributed by atoms with E-state index in [-0.39, 0.29) is 24.9 Å². The Bertz CT molecular complexity index is 704. The molecule has 0 amide bonds. The van der Waals surface area contributed by atoms with Crippen molar-refractivity contribution in [2.75, 3.05) is 26.3 Å². The Morgan fingerprint density at radius 2 is 1.72 bits per heavy atom. The molecule has 4 heteroatoms.